The minimum Gasteiger partial charge on any atom is -0.457 e. The maximum Gasteiger partial charge on any atom is 0.127 e. The molecule has 0 heterocycles. The number of nitriles is 1. The largest absolute Gasteiger partial charge is 0.457 e. The summed E-state index contributed by atoms with van der Waals surface area (Å²) in [6, 6.07) is 26.8. The van der Waals surface area contributed by atoms with Crippen molar-refractivity contribution in [1.82, 2.24) is 0 Å². The minimum absolute atomic E-state index is 0.629. The number of hydrogen-bond donors (Lipinski definition) is 0. The molecule has 0 aliphatic rings. The fraction of sp³-hybridized carbons (Fsp3) is 0.0870. The van der Waals surface area contributed by atoms with E-state index in [-0.39, 0.29) is 0 Å². The third-order valence-corrected chi connectivity index (χ3v) is 4.03. The average Bonchev–Trinajstić information content (AvgIpc) is 2.73. The molecule has 0 fully saturated rings. The van der Waals surface area contributed by atoms with E-state index in [1.165, 1.54) is 0 Å². The average molecular weight is 353 g/mol. The highest BCUT2D eigenvalue weighted by Crippen LogP contribution is 2.21. The van der Waals surface area contributed by atoms with Crippen molar-refractivity contribution in [2.24, 2.45) is 10.2 Å². The molecule has 0 radical (unpaired) electrons. The number of benzene rings is 3. The van der Waals surface area contributed by atoms with Gasteiger partial charge >= 0.3 is 0 Å². The standard InChI is InChI=1S/C23H19N3O/c1-17(20-10-8-19(16-24)9-11-20)25-26-18(2)21-12-14-23(15-13-21)27-22-6-4-3-5-7-22/h3-15H,1-2H3/b25-17+,26-18+. The van der Waals surface area contributed by atoms with E-state index in [9.17, 15) is 0 Å². The van der Waals surface area contributed by atoms with Crippen molar-refractivity contribution < 1.29 is 4.74 Å². The Bertz CT molecular complexity index is 996. The van der Waals surface area contributed by atoms with Gasteiger partial charge in [0.2, 0.25) is 0 Å². The molecule has 0 aliphatic heterocycles. The lowest BCUT2D eigenvalue weighted by molar-refractivity contribution is 0.482. The summed E-state index contributed by atoms with van der Waals surface area (Å²) in [5.74, 6) is 1.58. The second-order valence-corrected chi connectivity index (χ2v) is 6.00. The zero-order chi connectivity index (χ0) is 19.1. The number of rotatable bonds is 5. The Kier molecular flexibility index (Phi) is 5.76. The van der Waals surface area contributed by atoms with Crippen molar-refractivity contribution in [1.29, 1.82) is 5.26 Å². The van der Waals surface area contributed by atoms with Gasteiger partial charge in [0.15, 0.2) is 0 Å². The summed E-state index contributed by atoms with van der Waals surface area (Å²) in [5, 5.41) is 17.5. The van der Waals surface area contributed by atoms with E-state index < -0.39 is 0 Å². The summed E-state index contributed by atoms with van der Waals surface area (Å²) in [4.78, 5) is 0. The highest BCUT2D eigenvalue weighted by molar-refractivity contribution is 6.01. The smallest absolute Gasteiger partial charge is 0.127 e. The summed E-state index contributed by atoms with van der Waals surface area (Å²) in [7, 11) is 0. The molecule has 4 heteroatoms. The van der Waals surface area contributed by atoms with E-state index in [1.807, 2.05) is 80.6 Å². The molecule has 3 aromatic rings. The van der Waals surface area contributed by atoms with E-state index >= 15 is 0 Å². The minimum atomic E-state index is 0.629. The van der Waals surface area contributed by atoms with Gasteiger partial charge in [-0.1, -0.05) is 30.3 Å². The number of hydrogen-bond acceptors (Lipinski definition) is 4. The normalized spacial score (nSPS) is 11.7. The first-order chi connectivity index (χ1) is 13.2. The highest BCUT2D eigenvalue weighted by atomic mass is 16.5. The first-order valence-corrected chi connectivity index (χ1v) is 8.58. The molecule has 0 atom stereocenters. The van der Waals surface area contributed by atoms with Crippen LogP contribution in [0.4, 0.5) is 0 Å². The van der Waals surface area contributed by atoms with E-state index in [2.05, 4.69) is 16.3 Å². The maximum absolute atomic E-state index is 8.86. The fourth-order valence-corrected chi connectivity index (χ4v) is 2.44. The Morgan fingerprint density at radius 2 is 1.19 bits per heavy atom. The Hall–Kier alpha value is -3.71. The topological polar surface area (TPSA) is 57.7 Å². The first-order valence-electron chi connectivity index (χ1n) is 8.58. The summed E-state index contributed by atoms with van der Waals surface area (Å²) >= 11 is 0. The Balaban J connectivity index is 1.70. The molecule has 0 spiro atoms. The Labute approximate surface area is 159 Å². The maximum atomic E-state index is 8.86. The van der Waals surface area contributed by atoms with Crippen molar-refractivity contribution in [3.8, 4) is 17.6 Å². The van der Waals surface area contributed by atoms with Crippen LogP contribution in [0, 0.1) is 11.3 Å². The molecule has 0 aromatic heterocycles. The van der Waals surface area contributed by atoms with E-state index in [0.29, 0.717) is 5.56 Å². The van der Waals surface area contributed by atoms with Gasteiger partial charge in [-0.15, -0.1) is 0 Å². The molecular formula is C23H19N3O. The summed E-state index contributed by atoms with van der Waals surface area (Å²) in [6.07, 6.45) is 0. The van der Waals surface area contributed by atoms with Gasteiger partial charge in [0.1, 0.15) is 11.5 Å². The molecule has 27 heavy (non-hydrogen) atoms. The predicted octanol–water partition coefficient (Wildman–Crippen LogP) is 5.58. The number of para-hydroxylation sites is 1. The summed E-state index contributed by atoms with van der Waals surface area (Å²) in [5.41, 5.74) is 4.16. The van der Waals surface area contributed by atoms with Crippen LogP contribution >= 0.6 is 0 Å². The van der Waals surface area contributed by atoms with Gasteiger partial charge < -0.3 is 4.74 Å². The number of ether oxygens (including phenoxy) is 1. The lowest BCUT2D eigenvalue weighted by Gasteiger charge is -2.06. The van der Waals surface area contributed by atoms with E-state index in [1.54, 1.807) is 12.1 Å². The molecule has 0 N–H and O–H groups in total. The van der Waals surface area contributed by atoms with Crippen molar-refractivity contribution in [3.63, 3.8) is 0 Å². The molecule has 0 bridgehead atoms. The van der Waals surface area contributed by atoms with Gasteiger partial charge in [0, 0.05) is 0 Å². The van der Waals surface area contributed by atoms with E-state index in [4.69, 9.17) is 10.00 Å². The van der Waals surface area contributed by atoms with Crippen molar-refractivity contribution in [2.75, 3.05) is 0 Å². The Morgan fingerprint density at radius 3 is 1.70 bits per heavy atom. The summed E-state index contributed by atoms with van der Waals surface area (Å²) < 4.78 is 5.80. The molecule has 3 rings (SSSR count). The van der Waals surface area contributed by atoms with Gasteiger partial charge in [-0.05, 0) is 73.5 Å². The van der Waals surface area contributed by atoms with Gasteiger partial charge in [-0.3, -0.25) is 0 Å². The SMILES string of the molecule is C/C(=N\N=C(/C)c1ccc(Oc2ccccc2)cc1)c1ccc(C#N)cc1. The van der Waals surface area contributed by atoms with Crippen LogP contribution in [0.2, 0.25) is 0 Å². The fourth-order valence-electron chi connectivity index (χ4n) is 2.44. The van der Waals surface area contributed by atoms with Gasteiger partial charge in [-0.2, -0.15) is 15.5 Å². The molecule has 0 amide bonds. The molecule has 0 aliphatic carbocycles. The molecular weight excluding hydrogens is 334 g/mol. The lowest BCUT2D eigenvalue weighted by Crippen LogP contribution is -1.97. The zero-order valence-corrected chi connectivity index (χ0v) is 15.3. The molecule has 3 aromatic carbocycles. The first kappa shape index (κ1) is 18.1. The van der Waals surface area contributed by atoms with Crippen molar-refractivity contribution in [3.05, 3.63) is 95.6 Å². The molecule has 0 unspecified atom stereocenters. The predicted molar refractivity (Wildman–Crippen MR) is 109 cm³/mol. The lowest BCUT2D eigenvalue weighted by atomic mass is 10.1. The van der Waals surface area contributed by atoms with Crippen LogP contribution in [0.3, 0.4) is 0 Å². The number of nitrogens with zero attached hydrogens (tertiary/aromatic N) is 3. The van der Waals surface area contributed by atoms with Crippen molar-refractivity contribution >= 4 is 11.4 Å². The molecule has 4 nitrogen and oxygen atoms in total. The summed E-state index contributed by atoms with van der Waals surface area (Å²) in [6.45, 7) is 3.82. The quantitative estimate of drug-likeness (QED) is 0.444. The third-order valence-electron chi connectivity index (χ3n) is 4.03. The molecule has 0 saturated heterocycles. The van der Waals surface area contributed by atoms with Gasteiger partial charge in [0.25, 0.3) is 0 Å². The van der Waals surface area contributed by atoms with Crippen LogP contribution in [-0.2, 0) is 0 Å². The second kappa shape index (κ2) is 8.59. The Morgan fingerprint density at radius 1 is 0.704 bits per heavy atom. The second-order valence-electron chi connectivity index (χ2n) is 6.00. The van der Waals surface area contributed by atoms with Crippen LogP contribution in [0.15, 0.2) is 89.1 Å². The van der Waals surface area contributed by atoms with Gasteiger partial charge in [0.05, 0.1) is 23.1 Å². The van der Waals surface area contributed by atoms with Crippen molar-refractivity contribution in [2.45, 2.75) is 13.8 Å². The zero-order valence-electron chi connectivity index (χ0n) is 15.3. The van der Waals surface area contributed by atoms with Crippen LogP contribution in [-0.4, -0.2) is 11.4 Å². The van der Waals surface area contributed by atoms with Crippen LogP contribution in [0.25, 0.3) is 0 Å². The van der Waals surface area contributed by atoms with Crippen LogP contribution < -0.4 is 4.74 Å². The molecule has 132 valence electrons. The monoisotopic (exact) mass is 353 g/mol. The van der Waals surface area contributed by atoms with Crippen LogP contribution in [0.1, 0.15) is 30.5 Å². The van der Waals surface area contributed by atoms with Crippen LogP contribution in [0.5, 0.6) is 11.5 Å². The van der Waals surface area contributed by atoms with E-state index in [0.717, 1.165) is 34.0 Å². The van der Waals surface area contributed by atoms with Gasteiger partial charge in [-0.25, -0.2) is 0 Å². The molecule has 0 saturated carbocycles. The third kappa shape index (κ3) is 4.90. The highest BCUT2D eigenvalue weighted by Gasteiger charge is 2.01.